The van der Waals surface area contributed by atoms with E-state index in [0.717, 1.165) is 46.7 Å². The first-order chi connectivity index (χ1) is 12.0. The topological polar surface area (TPSA) is 75.6 Å². The van der Waals surface area contributed by atoms with Crippen LogP contribution in [0.3, 0.4) is 0 Å². The number of aromatic nitrogens is 4. The molecule has 2 aromatic heterocycles. The van der Waals surface area contributed by atoms with Gasteiger partial charge in [-0.1, -0.05) is 12.1 Å². The molecule has 2 N–H and O–H groups in total. The molecular weight excluding hydrogens is 314 g/mol. The minimum absolute atomic E-state index is 0.0452. The molecule has 0 aliphatic rings. The Morgan fingerprint density at radius 2 is 2.08 bits per heavy atom. The number of rotatable bonds is 6. The van der Waals surface area contributed by atoms with Crippen LogP contribution in [0.1, 0.15) is 42.0 Å². The molecule has 132 valence electrons. The zero-order chi connectivity index (χ0) is 18.0. The van der Waals surface area contributed by atoms with Crippen LogP contribution in [0.25, 0.3) is 11.0 Å². The summed E-state index contributed by atoms with van der Waals surface area (Å²) >= 11 is 0. The molecule has 1 atom stereocenters. The van der Waals surface area contributed by atoms with Crippen molar-refractivity contribution < 1.29 is 4.79 Å². The fourth-order valence-corrected chi connectivity index (χ4v) is 3.29. The number of nitrogens with zero attached hydrogens (tertiary/aromatic N) is 3. The molecule has 3 aromatic rings. The van der Waals surface area contributed by atoms with Crippen LogP contribution in [0.2, 0.25) is 0 Å². The monoisotopic (exact) mass is 339 g/mol. The molecule has 0 aliphatic carbocycles. The molecule has 0 fully saturated rings. The van der Waals surface area contributed by atoms with E-state index in [1.54, 1.807) is 0 Å². The van der Waals surface area contributed by atoms with Gasteiger partial charge in [-0.15, -0.1) is 0 Å². The van der Waals surface area contributed by atoms with Crippen molar-refractivity contribution in [2.75, 3.05) is 6.54 Å². The van der Waals surface area contributed by atoms with Crippen molar-refractivity contribution in [2.45, 2.75) is 39.5 Å². The van der Waals surface area contributed by atoms with E-state index in [4.69, 9.17) is 0 Å². The second kappa shape index (κ2) is 7.09. The number of carbonyl (C=O) groups excluding carboxylic acids is 1. The Hall–Kier alpha value is -2.63. The van der Waals surface area contributed by atoms with E-state index >= 15 is 0 Å². The number of aromatic amines is 1. The van der Waals surface area contributed by atoms with Crippen molar-refractivity contribution in [3.8, 4) is 0 Å². The largest absolute Gasteiger partial charge is 0.356 e. The first kappa shape index (κ1) is 17.2. The third kappa shape index (κ3) is 3.57. The summed E-state index contributed by atoms with van der Waals surface area (Å²) < 4.78 is 1.83. The molecule has 3 rings (SSSR count). The van der Waals surface area contributed by atoms with Gasteiger partial charge >= 0.3 is 0 Å². The predicted octanol–water partition coefficient (Wildman–Crippen LogP) is 2.77. The van der Waals surface area contributed by atoms with Gasteiger partial charge in [-0.25, -0.2) is 4.98 Å². The molecule has 0 radical (unpaired) electrons. The summed E-state index contributed by atoms with van der Waals surface area (Å²) in [5, 5.41) is 7.43. The third-order valence-corrected chi connectivity index (χ3v) is 4.72. The van der Waals surface area contributed by atoms with Crippen molar-refractivity contribution >= 4 is 16.9 Å². The van der Waals surface area contributed by atoms with Gasteiger partial charge in [0.25, 0.3) is 0 Å². The minimum Gasteiger partial charge on any atom is -0.356 e. The van der Waals surface area contributed by atoms with Gasteiger partial charge < -0.3 is 10.3 Å². The highest BCUT2D eigenvalue weighted by Crippen LogP contribution is 2.22. The quantitative estimate of drug-likeness (QED) is 0.678. The molecule has 1 amide bonds. The normalized spacial score (nSPS) is 12.5. The second-order valence-electron chi connectivity index (χ2n) is 6.53. The van der Waals surface area contributed by atoms with Crippen molar-refractivity contribution in [1.29, 1.82) is 0 Å². The van der Waals surface area contributed by atoms with Crippen LogP contribution in [0.5, 0.6) is 0 Å². The zero-order valence-electron chi connectivity index (χ0n) is 15.3. The molecule has 0 saturated carbocycles. The zero-order valence-corrected chi connectivity index (χ0v) is 15.3. The maximum Gasteiger partial charge on any atom is 0.227 e. The highest BCUT2D eigenvalue weighted by atomic mass is 16.1. The number of amides is 1. The molecule has 6 nitrogen and oxygen atoms in total. The van der Waals surface area contributed by atoms with Gasteiger partial charge in [-0.05, 0) is 39.3 Å². The van der Waals surface area contributed by atoms with Crippen LogP contribution < -0.4 is 5.32 Å². The molecule has 1 unspecified atom stereocenters. The Balaban J connectivity index is 1.52. The van der Waals surface area contributed by atoms with Gasteiger partial charge in [0.1, 0.15) is 5.82 Å². The molecule has 2 heterocycles. The molecular formula is C19H25N5O. The van der Waals surface area contributed by atoms with E-state index in [0.29, 0.717) is 6.54 Å². The van der Waals surface area contributed by atoms with E-state index in [2.05, 4.69) is 20.4 Å². The Morgan fingerprint density at radius 1 is 1.32 bits per heavy atom. The fraction of sp³-hybridized carbons (Fsp3) is 0.421. The summed E-state index contributed by atoms with van der Waals surface area (Å²) in [6.07, 6.45) is 1.66. The highest BCUT2D eigenvalue weighted by molar-refractivity contribution is 5.83. The number of para-hydroxylation sites is 2. The van der Waals surface area contributed by atoms with Crippen molar-refractivity contribution in [3.05, 3.63) is 47.0 Å². The number of benzene rings is 1. The van der Waals surface area contributed by atoms with Gasteiger partial charge in [0.2, 0.25) is 5.91 Å². The lowest BCUT2D eigenvalue weighted by molar-refractivity contribution is -0.122. The summed E-state index contributed by atoms with van der Waals surface area (Å²) in [5.41, 5.74) is 5.03. The Labute approximate surface area is 147 Å². The molecule has 6 heteroatoms. The second-order valence-corrected chi connectivity index (χ2v) is 6.53. The first-order valence-corrected chi connectivity index (χ1v) is 8.68. The SMILES string of the molecule is Cc1nn(C)c(C)c1C(C)C(=O)NCCCc1nc2ccccc2[nH]1. The molecule has 0 bridgehead atoms. The lowest BCUT2D eigenvalue weighted by Crippen LogP contribution is -2.29. The predicted molar refractivity (Wildman–Crippen MR) is 98.5 cm³/mol. The molecule has 0 spiro atoms. The number of hydrogen-bond acceptors (Lipinski definition) is 3. The average molecular weight is 339 g/mol. The standard InChI is InChI=1S/C19H25N5O/c1-12(18-13(2)23-24(4)14(18)3)19(25)20-11-7-10-17-21-15-8-5-6-9-16(15)22-17/h5-6,8-9,12H,7,10-11H2,1-4H3,(H,20,25)(H,21,22). The Bertz CT molecular complexity index is 859. The summed E-state index contributed by atoms with van der Waals surface area (Å²) in [5.74, 6) is 0.811. The molecule has 0 aliphatic heterocycles. The van der Waals surface area contributed by atoms with Crippen molar-refractivity contribution in [3.63, 3.8) is 0 Å². The van der Waals surface area contributed by atoms with Gasteiger partial charge in [0, 0.05) is 31.3 Å². The molecule has 0 saturated heterocycles. The number of H-pyrrole nitrogens is 1. The lowest BCUT2D eigenvalue weighted by atomic mass is 9.98. The van der Waals surface area contributed by atoms with Crippen LogP contribution in [0, 0.1) is 13.8 Å². The van der Waals surface area contributed by atoms with E-state index < -0.39 is 0 Å². The van der Waals surface area contributed by atoms with Gasteiger partial charge in [0.05, 0.1) is 22.6 Å². The maximum absolute atomic E-state index is 12.4. The van der Waals surface area contributed by atoms with Gasteiger partial charge in [-0.3, -0.25) is 9.48 Å². The number of hydrogen-bond donors (Lipinski definition) is 2. The van der Waals surface area contributed by atoms with Crippen LogP contribution in [0.4, 0.5) is 0 Å². The number of imidazole rings is 1. The molecule has 25 heavy (non-hydrogen) atoms. The average Bonchev–Trinajstić information content (AvgIpc) is 3.11. The number of fused-ring (bicyclic) bond motifs is 1. The molecule has 1 aromatic carbocycles. The maximum atomic E-state index is 12.4. The smallest absolute Gasteiger partial charge is 0.227 e. The summed E-state index contributed by atoms with van der Waals surface area (Å²) in [6, 6.07) is 8.00. The van der Waals surface area contributed by atoms with Gasteiger partial charge in [-0.2, -0.15) is 5.10 Å². The van der Waals surface area contributed by atoms with Crippen molar-refractivity contribution in [2.24, 2.45) is 7.05 Å². The van der Waals surface area contributed by atoms with Crippen molar-refractivity contribution in [1.82, 2.24) is 25.1 Å². The van der Waals surface area contributed by atoms with E-state index in [1.165, 1.54) is 0 Å². The van der Waals surface area contributed by atoms with Crippen LogP contribution in [-0.4, -0.2) is 32.2 Å². The van der Waals surface area contributed by atoms with Crippen LogP contribution >= 0.6 is 0 Å². The number of nitrogens with one attached hydrogen (secondary N) is 2. The first-order valence-electron chi connectivity index (χ1n) is 8.68. The fourth-order valence-electron chi connectivity index (χ4n) is 3.29. The third-order valence-electron chi connectivity index (χ3n) is 4.72. The number of carbonyl (C=O) groups is 1. The lowest BCUT2D eigenvalue weighted by Gasteiger charge is -2.13. The minimum atomic E-state index is -0.195. The van der Waals surface area contributed by atoms with E-state index in [9.17, 15) is 4.79 Å². The van der Waals surface area contributed by atoms with Crippen LogP contribution in [0.15, 0.2) is 24.3 Å². The van der Waals surface area contributed by atoms with E-state index in [-0.39, 0.29) is 11.8 Å². The number of aryl methyl sites for hydroxylation is 3. The Kier molecular flexibility index (Phi) is 4.88. The van der Waals surface area contributed by atoms with E-state index in [1.807, 2.05) is 56.8 Å². The summed E-state index contributed by atoms with van der Waals surface area (Å²) in [4.78, 5) is 20.3. The highest BCUT2D eigenvalue weighted by Gasteiger charge is 2.22. The van der Waals surface area contributed by atoms with Crippen LogP contribution in [-0.2, 0) is 18.3 Å². The summed E-state index contributed by atoms with van der Waals surface area (Å²) in [7, 11) is 1.91. The van der Waals surface area contributed by atoms with Gasteiger partial charge in [0.15, 0.2) is 0 Å². The Morgan fingerprint density at radius 3 is 2.76 bits per heavy atom. The summed E-state index contributed by atoms with van der Waals surface area (Å²) in [6.45, 7) is 6.53.